The number of allylic oxidation sites excluding steroid dienone is 2. The second kappa shape index (κ2) is 5.25. The highest BCUT2D eigenvalue weighted by atomic mass is 35.5. The van der Waals surface area contributed by atoms with Crippen molar-refractivity contribution < 1.29 is 0 Å². The van der Waals surface area contributed by atoms with Crippen LogP contribution in [0.15, 0.2) is 24.3 Å². The van der Waals surface area contributed by atoms with E-state index in [4.69, 9.17) is 11.6 Å². The van der Waals surface area contributed by atoms with Crippen LogP contribution in [-0.4, -0.2) is 14.8 Å². The molecule has 3 nitrogen and oxygen atoms in total. The molecule has 0 amide bonds. The van der Waals surface area contributed by atoms with Crippen LogP contribution in [0.3, 0.4) is 0 Å². The molecule has 2 heterocycles. The van der Waals surface area contributed by atoms with Gasteiger partial charge in [-0.05, 0) is 32.4 Å². The number of thiophene rings is 1. The van der Waals surface area contributed by atoms with Crippen molar-refractivity contribution in [2.75, 3.05) is 0 Å². The van der Waals surface area contributed by atoms with Gasteiger partial charge in [0.05, 0.1) is 9.75 Å². The molecule has 0 fully saturated rings. The monoisotopic (exact) mass is 321 g/mol. The fourth-order valence-corrected chi connectivity index (χ4v) is 4.10. The van der Waals surface area contributed by atoms with Crippen molar-refractivity contribution in [1.29, 1.82) is 0 Å². The molecule has 112 valence electrons. The van der Waals surface area contributed by atoms with Crippen molar-refractivity contribution in [3.05, 3.63) is 45.1 Å². The Balaban J connectivity index is 2.17. The zero-order valence-corrected chi connectivity index (χ0v) is 14.4. The van der Waals surface area contributed by atoms with E-state index in [1.54, 1.807) is 11.3 Å². The molecule has 21 heavy (non-hydrogen) atoms. The molecule has 0 spiro atoms. The summed E-state index contributed by atoms with van der Waals surface area (Å²) in [6.07, 6.45) is 5.40. The molecule has 2 aromatic rings. The molecule has 3 rings (SSSR count). The first kappa shape index (κ1) is 14.8. The summed E-state index contributed by atoms with van der Waals surface area (Å²) in [6.45, 7) is 8.71. The van der Waals surface area contributed by atoms with Crippen LogP contribution in [0.1, 0.15) is 62.6 Å². The largest absolute Gasteiger partial charge is 0.311 e. The lowest BCUT2D eigenvalue weighted by Gasteiger charge is -2.35. The van der Waals surface area contributed by atoms with Crippen LogP contribution in [0.2, 0.25) is 4.34 Å². The van der Waals surface area contributed by atoms with Gasteiger partial charge in [0.15, 0.2) is 0 Å². The highest BCUT2D eigenvalue weighted by Crippen LogP contribution is 2.47. The van der Waals surface area contributed by atoms with Crippen molar-refractivity contribution in [2.24, 2.45) is 0 Å². The van der Waals surface area contributed by atoms with Gasteiger partial charge in [0.2, 0.25) is 0 Å². The van der Waals surface area contributed by atoms with E-state index in [2.05, 4.69) is 60.7 Å². The fraction of sp³-hybridized carbons (Fsp3) is 0.500. The second-order valence-electron chi connectivity index (χ2n) is 6.18. The molecule has 0 N–H and O–H groups in total. The summed E-state index contributed by atoms with van der Waals surface area (Å²) in [5.41, 5.74) is -0.151. The van der Waals surface area contributed by atoms with E-state index < -0.39 is 0 Å². The van der Waals surface area contributed by atoms with E-state index in [1.165, 1.54) is 4.88 Å². The quantitative estimate of drug-likeness (QED) is 0.746. The van der Waals surface area contributed by atoms with Crippen molar-refractivity contribution in [3.8, 4) is 0 Å². The first-order valence-corrected chi connectivity index (χ1v) is 8.54. The highest BCUT2D eigenvalue weighted by molar-refractivity contribution is 7.16. The lowest BCUT2D eigenvalue weighted by atomic mass is 9.74. The topological polar surface area (TPSA) is 30.7 Å². The Morgan fingerprint density at radius 3 is 2.38 bits per heavy atom. The number of nitrogens with zero attached hydrogens (tertiary/aromatic N) is 3. The standard InChI is InChI=1S/C16H20ClN3S/c1-10(2)14-18-19-15(20(14)11(3)4)16(8-5-9-16)12-6-7-13(17)21-12/h5-8,10-11H,9H2,1-4H3. The number of halogens is 1. The summed E-state index contributed by atoms with van der Waals surface area (Å²) in [7, 11) is 0. The van der Waals surface area contributed by atoms with E-state index in [0.717, 1.165) is 22.4 Å². The van der Waals surface area contributed by atoms with Crippen molar-refractivity contribution in [3.63, 3.8) is 0 Å². The molecule has 1 atom stereocenters. The van der Waals surface area contributed by atoms with E-state index in [9.17, 15) is 0 Å². The molecule has 2 aromatic heterocycles. The molecule has 1 aliphatic carbocycles. The van der Waals surface area contributed by atoms with Gasteiger partial charge < -0.3 is 4.57 Å². The zero-order chi connectivity index (χ0) is 15.2. The van der Waals surface area contributed by atoms with Crippen molar-refractivity contribution in [2.45, 2.75) is 51.5 Å². The molecular weight excluding hydrogens is 302 g/mol. The summed E-state index contributed by atoms with van der Waals surface area (Å²) >= 11 is 7.78. The van der Waals surface area contributed by atoms with E-state index in [1.807, 2.05) is 6.07 Å². The predicted molar refractivity (Wildman–Crippen MR) is 88.4 cm³/mol. The normalized spacial score (nSPS) is 21.3. The summed E-state index contributed by atoms with van der Waals surface area (Å²) in [4.78, 5) is 1.25. The Bertz CT molecular complexity index is 684. The molecule has 0 aromatic carbocycles. The summed E-state index contributed by atoms with van der Waals surface area (Å²) in [6, 6.07) is 4.42. The van der Waals surface area contributed by atoms with Gasteiger partial charge in [-0.3, -0.25) is 0 Å². The van der Waals surface area contributed by atoms with Gasteiger partial charge in [-0.15, -0.1) is 21.5 Å². The molecular formula is C16H20ClN3S. The lowest BCUT2D eigenvalue weighted by molar-refractivity contribution is 0.467. The summed E-state index contributed by atoms with van der Waals surface area (Å²) in [5, 5.41) is 9.03. The smallest absolute Gasteiger partial charge is 0.148 e. The minimum absolute atomic E-state index is 0.151. The van der Waals surface area contributed by atoms with Crippen LogP contribution < -0.4 is 0 Å². The maximum Gasteiger partial charge on any atom is 0.148 e. The maximum absolute atomic E-state index is 6.14. The Hall–Kier alpha value is -1.13. The molecule has 0 saturated carbocycles. The fourth-order valence-electron chi connectivity index (χ4n) is 2.88. The van der Waals surface area contributed by atoms with Gasteiger partial charge in [-0.1, -0.05) is 37.6 Å². The average molecular weight is 322 g/mol. The third-order valence-corrected chi connectivity index (χ3v) is 5.42. The Morgan fingerprint density at radius 2 is 1.95 bits per heavy atom. The first-order chi connectivity index (χ1) is 9.95. The van der Waals surface area contributed by atoms with Crippen LogP contribution in [0.5, 0.6) is 0 Å². The Labute approximate surface area is 134 Å². The van der Waals surface area contributed by atoms with Crippen LogP contribution in [0, 0.1) is 0 Å². The van der Waals surface area contributed by atoms with Gasteiger partial charge >= 0.3 is 0 Å². The van der Waals surface area contributed by atoms with E-state index in [-0.39, 0.29) is 5.41 Å². The summed E-state index contributed by atoms with van der Waals surface area (Å²) in [5.74, 6) is 2.46. The molecule has 1 aliphatic rings. The van der Waals surface area contributed by atoms with Crippen LogP contribution in [0.25, 0.3) is 0 Å². The van der Waals surface area contributed by atoms with Crippen LogP contribution in [-0.2, 0) is 5.41 Å². The molecule has 1 unspecified atom stereocenters. The number of hydrogen-bond donors (Lipinski definition) is 0. The Kier molecular flexibility index (Phi) is 3.70. The first-order valence-electron chi connectivity index (χ1n) is 7.34. The van der Waals surface area contributed by atoms with Crippen molar-refractivity contribution in [1.82, 2.24) is 14.8 Å². The lowest BCUT2D eigenvalue weighted by Crippen LogP contribution is -2.33. The van der Waals surface area contributed by atoms with Crippen molar-refractivity contribution >= 4 is 22.9 Å². The average Bonchev–Trinajstić information content (AvgIpc) is 2.95. The van der Waals surface area contributed by atoms with Gasteiger partial charge in [-0.25, -0.2) is 0 Å². The van der Waals surface area contributed by atoms with E-state index in [0.29, 0.717) is 12.0 Å². The van der Waals surface area contributed by atoms with Gasteiger partial charge in [0.1, 0.15) is 11.6 Å². The molecule has 0 radical (unpaired) electrons. The molecule has 0 bridgehead atoms. The summed E-state index contributed by atoms with van der Waals surface area (Å²) < 4.78 is 3.12. The molecule has 0 aliphatic heterocycles. The molecule has 0 saturated heterocycles. The molecule has 5 heteroatoms. The van der Waals surface area contributed by atoms with Gasteiger partial charge in [0.25, 0.3) is 0 Å². The predicted octanol–water partition coefficient (Wildman–Crippen LogP) is 4.94. The number of rotatable bonds is 4. The second-order valence-corrected chi connectivity index (χ2v) is 7.90. The Morgan fingerprint density at radius 1 is 1.24 bits per heavy atom. The third kappa shape index (κ3) is 2.25. The zero-order valence-electron chi connectivity index (χ0n) is 12.8. The van der Waals surface area contributed by atoms with Crippen LogP contribution in [0.4, 0.5) is 0 Å². The van der Waals surface area contributed by atoms with Gasteiger partial charge in [-0.2, -0.15) is 0 Å². The number of hydrogen-bond acceptors (Lipinski definition) is 3. The third-order valence-electron chi connectivity index (χ3n) is 4.01. The van der Waals surface area contributed by atoms with Gasteiger partial charge in [0, 0.05) is 16.8 Å². The van der Waals surface area contributed by atoms with E-state index >= 15 is 0 Å². The minimum Gasteiger partial charge on any atom is -0.311 e. The minimum atomic E-state index is -0.151. The number of aromatic nitrogens is 3. The highest BCUT2D eigenvalue weighted by Gasteiger charge is 2.42. The van der Waals surface area contributed by atoms with Crippen LogP contribution >= 0.6 is 22.9 Å². The SMILES string of the molecule is CC(C)c1nnc(C2(c3ccc(Cl)s3)C=CC2)n1C(C)C. The maximum atomic E-state index is 6.14.